The Balaban J connectivity index is 0.00000242. The Labute approximate surface area is 138 Å². The summed E-state index contributed by atoms with van der Waals surface area (Å²) in [6, 6.07) is 7.73. The maximum atomic E-state index is 12.1. The minimum absolute atomic E-state index is 0. The number of halogens is 1. The highest BCUT2D eigenvalue weighted by Crippen LogP contribution is 2.17. The smallest absolute Gasteiger partial charge is 0.234 e. The molecule has 124 valence electrons. The Morgan fingerprint density at radius 3 is 2.95 bits per heavy atom. The van der Waals surface area contributed by atoms with Gasteiger partial charge in [0.1, 0.15) is 5.75 Å². The van der Waals surface area contributed by atoms with Gasteiger partial charge in [-0.2, -0.15) is 0 Å². The summed E-state index contributed by atoms with van der Waals surface area (Å²) in [7, 11) is 1.64. The number of methoxy groups -OCH3 is 1. The van der Waals surface area contributed by atoms with Crippen molar-refractivity contribution in [2.75, 3.05) is 33.3 Å². The van der Waals surface area contributed by atoms with Gasteiger partial charge >= 0.3 is 0 Å². The zero-order valence-electron chi connectivity index (χ0n) is 13.1. The zero-order valence-corrected chi connectivity index (χ0v) is 13.9. The monoisotopic (exact) mass is 327 g/mol. The summed E-state index contributed by atoms with van der Waals surface area (Å²) in [6.45, 7) is 3.57. The maximum Gasteiger partial charge on any atom is 0.234 e. The zero-order chi connectivity index (χ0) is 15.1. The average molecular weight is 328 g/mol. The van der Waals surface area contributed by atoms with E-state index in [1.54, 1.807) is 7.11 Å². The second kappa shape index (κ2) is 9.66. The van der Waals surface area contributed by atoms with Crippen LogP contribution in [0.1, 0.15) is 18.4 Å². The molecule has 2 rings (SSSR count). The second-order valence-corrected chi connectivity index (χ2v) is 5.57. The van der Waals surface area contributed by atoms with Crippen molar-refractivity contribution in [3.8, 4) is 5.75 Å². The summed E-state index contributed by atoms with van der Waals surface area (Å²) in [5.41, 5.74) is 6.71. The van der Waals surface area contributed by atoms with E-state index < -0.39 is 0 Å². The van der Waals surface area contributed by atoms with E-state index in [0.29, 0.717) is 25.6 Å². The molecule has 5 nitrogen and oxygen atoms in total. The summed E-state index contributed by atoms with van der Waals surface area (Å²) in [6.07, 6.45) is 2.30. The summed E-state index contributed by atoms with van der Waals surface area (Å²) in [5.74, 6) is 1.39. The molecule has 1 aliphatic heterocycles. The number of hydrogen-bond donors (Lipinski definition) is 2. The molecule has 1 unspecified atom stereocenters. The molecular weight excluding hydrogens is 302 g/mol. The number of ether oxygens (including phenoxy) is 1. The van der Waals surface area contributed by atoms with Gasteiger partial charge in [0, 0.05) is 18.7 Å². The molecule has 22 heavy (non-hydrogen) atoms. The fraction of sp³-hybridized carbons (Fsp3) is 0.562. The van der Waals surface area contributed by atoms with Crippen molar-refractivity contribution in [2.24, 2.45) is 11.7 Å². The summed E-state index contributed by atoms with van der Waals surface area (Å²) < 4.78 is 5.28. The van der Waals surface area contributed by atoms with Gasteiger partial charge < -0.3 is 15.8 Å². The molecule has 3 N–H and O–H groups in total. The topological polar surface area (TPSA) is 67.6 Å². The van der Waals surface area contributed by atoms with Crippen molar-refractivity contribution in [3.05, 3.63) is 29.8 Å². The number of para-hydroxylation sites is 1. The normalized spacial score (nSPS) is 18.4. The maximum absolute atomic E-state index is 12.1. The third kappa shape index (κ3) is 5.48. The molecule has 0 spiro atoms. The molecule has 1 heterocycles. The van der Waals surface area contributed by atoms with Crippen LogP contribution in [0.4, 0.5) is 0 Å². The first kappa shape index (κ1) is 18.7. The van der Waals surface area contributed by atoms with Crippen LogP contribution in [0.25, 0.3) is 0 Å². The summed E-state index contributed by atoms with van der Waals surface area (Å²) >= 11 is 0. The summed E-state index contributed by atoms with van der Waals surface area (Å²) in [5, 5.41) is 2.96. The van der Waals surface area contributed by atoms with Crippen molar-refractivity contribution in [3.63, 3.8) is 0 Å². The highest BCUT2D eigenvalue weighted by Gasteiger charge is 2.20. The lowest BCUT2D eigenvalue weighted by atomic mass is 9.98. The largest absolute Gasteiger partial charge is 0.496 e. The number of likely N-dealkylation sites (tertiary alicyclic amines) is 1. The van der Waals surface area contributed by atoms with Crippen LogP contribution in [0.3, 0.4) is 0 Å². The van der Waals surface area contributed by atoms with Crippen LogP contribution < -0.4 is 15.8 Å². The van der Waals surface area contributed by atoms with Crippen LogP contribution in [-0.4, -0.2) is 44.1 Å². The Bertz CT molecular complexity index is 470. The van der Waals surface area contributed by atoms with Gasteiger partial charge in [0.25, 0.3) is 0 Å². The number of piperidine rings is 1. The Morgan fingerprint density at radius 1 is 1.45 bits per heavy atom. The van der Waals surface area contributed by atoms with E-state index in [-0.39, 0.29) is 18.3 Å². The third-order valence-corrected chi connectivity index (χ3v) is 3.97. The van der Waals surface area contributed by atoms with Crippen molar-refractivity contribution < 1.29 is 9.53 Å². The fourth-order valence-electron chi connectivity index (χ4n) is 2.79. The highest BCUT2D eigenvalue weighted by molar-refractivity contribution is 5.85. The number of carbonyl (C=O) groups is 1. The first-order valence-corrected chi connectivity index (χ1v) is 7.54. The van der Waals surface area contributed by atoms with Crippen LogP contribution in [0.15, 0.2) is 24.3 Å². The average Bonchev–Trinajstić information content (AvgIpc) is 2.53. The number of nitrogens with two attached hydrogens (primary N) is 1. The molecule has 0 aliphatic carbocycles. The van der Waals surface area contributed by atoms with Gasteiger partial charge in [-0.15, -0.1) is 12.4 Å². The number of nitrogens with one attached hydrogen (secondary N) is 1. The van der Waals surface area contributed by atoms with Gasteiger partial charge in [-0.25, -0.2) is 0 Å². The predicted molar refractivity (Wildman–Crippen MR) is 90.3 cm³/mol. The molecule has 0 radical (unpaired) electrons. The SMILES string of the molecule is COc1ccccc1CNC(=O)CN1CCCC(CN)C1.Cl. The lowest BCUT2D eigenvalue weighted by molar-refractivity contribution is -0.122. The van der Waals surface area contributed by atoms with E-state index in [9.17, 15) is 4.79 Å². The minimum atomic E-state index is 0. The molecule has 1 amide bonds. The van der Waals surface area contributed by atoms with Crippen LogP contribution in [0.5, 0.6) is 5.75 Å². The predicted octanol–water partition coefficient (Wildman–Crippen LogP) is 1.40. The quantitative estimate of drug-likeness (QED) is 0.829. The molecule has 0 saturated carbocycles. The van der Waals surface area contributed by atoms with Gasteiger partial charge in [-0.05, 0) is 37.9 Å². The van der Waals surface area contributed by atoms with Crippen LogP contribution in [0, 0.1) is 5.92 Å². The lowest BCUT2D eigenvalue weighted by Gasteiger charge is -2.31. The van der Waals surface area contributed by atoms with Crippen LogP contribution in [0.2, 0.25) is 0 Å². The van der Waals surface area contributed by atoms with Gasteiger partial charge in [0.2, 0.25) is 5.91 Å². The Hall–Kier alpha value is -1.30. The standard InChI is InChI=1S/C16H25N3O2.ClH/c1-21-15-7-3-2-6-14(15)10-18-16(20)12-19-8-4-5-13(9-17)11-19;/h2-3,6-7,13H,4-5,8-12,17H2,1H3,(H,18,20);1H. The number of nitrogens with zero attached hydrogens (tertiary/aromatic N) is 1. The number of amides is 1. The van der Waals surface area contributed by atoms with E-state index >= 15 is 0 Å². The Morgan fingerprint density at radius 2 is 2.23 bits per heavy atom. The van der Waals surface area contributed by atoms with E-state index in [1.807, 2.05) is 24.3 Å². The van der Waals surface area contributed by atoms with Crippen LogP contribution in [-0.2, 0) is 11.3 Å². The van der Waals surface area contributed by atoms with E-state index in [2.05, 4.69) is 10.2 Å². The number of rotatable bonds is 6. The molecular formula is C16H26ClN3O2. The van der Waals surface area contributed by atoms with Gasteiger partial charge in [0.15, 0.2) is 0 Å². The third-order valence-electron chi connectivity index (χ3n) is 3.97. The molecule has 0 bridgehead atoms. The number of benzene rings is 1. The molecule has 1 aliphatic rings. The number of carbonyl (C=O) groups excluding carboxylic acids is 1. The number of hydrogen-bond acceptors (Lipinski definition) is 4. The van der Waals surface area contributed by atoms with Crippen molar-refractivity contribution in [2.45, 2.75) is 19.4 Å². The molecule has 1 atom stereocenters. The fourth-order valence-corrected chi connectivity index (χ4v) is 2.79. The van der Waals surface area contributed by atoms with Crippen LogP contribution >= 0.6 is 12.4 Å². The first-order chi connectivity index (χ1) is 10.2. The van der Waals surface area contributed by atoms with Gasteiger partial charge in [-0.3, -0.25) is 9.69 Å². The highest BCUT2D eigenvalue weighted by atomic mass is 35.5. The van der Waals surface area contributed by atoms with E-state index in [1.165, 1.54) is 6.42 Å². The van der Waals surface area contributed by atoms with Crippen molar-refractivity contribution in [1.82, 2.24) is 10.2 Å². The van der Waals surface area contributed by atoms with Crippen molar-refractivity contribution in [1.29, 1.82) is 0 Å². The molecule has 1 aromatic rings. The van der Waals surface area contributed by atoms with Gasteiger partial charge in [-0.1, -0.05) is 18.2 Å². The lowest BCUT2D eigenvalue weighted by Crippen LogP contribution is -2.43. The summed E-state index contributed by atoms with van der Waals surface area (Å²) in [4.78, 5) is 14.2. The molecule has 1 aromatic carbocycles. The first-order valence-electron chi connectivity index (χ1n) is 7.54. The molecule has 1 saturated heterocycles. The molecule has 1 fully saturated rings. The molecule has 0 aromatic heterocycles. The van der Waals surface area contributed by atoms with E-state index in [0.717, 1.165) is 30.8 Å². The second-order valence-electron chi connectivity index (χ2n) is 5.57. The van der Waals surface area contributed by atoms with Gasteiger partial charge in [0.05, 0.1) is 13.7 Å². The van der Waals surface area contributed by atoms with Crippen molar-refractivity contribution >= 4 is 18.3 Å². The Kier molecular flexibility index (Phi) is 8.24. The minimum Gasteiger partial charge on any atom is -0.496 e. The van der Waals surface area contributed by atoms with E-state index in [4.69, 9.17) is 10.5 Å². The molecule has 6 heteroatoms.